The molecule has 4 atom stereocenters. The van der Waals surface area contributed by atoms with Crippen LogP contribution in [0.1, 0.15) is 45.7 Å². The number of hydrogen-bond acceptors (Lipinski definition) is 6. The molecule has 0 aromatic carbocycles. The molecule has 11 heteroatoms. The smallest absolute Gasteiger partial charge is 0.392 e. The van der Waals surface area contributed by atoms with E-state index in [1.165, 1.54) is 10.4 Å². The van der Waals surface area contributed by atoms with E-state index in [1.807, 2.05) is 6.92 Å². The molecule has 1 unspecified atom stereocenters. The molecule has 1 aromatic rings. The Morgan fingerprint density at radius 1 is 1.23 bits per heavy atom. The summed E-state index contributed by atoms with van der Waals surface area (Å²) in [4.78, 5) is 1.78. The maximum atomic E-state index is 13.3. The first-order valence-corrected chi connectivity index (χ1v) is 12.2. The molecule has 1 aromatic heterocycles. The molecule has 0 radical (unpaired) electrons. The van der Waals surface area contributed by atoms with Gasteiger partial charge in [0.1, 0.15) is 0 Å². The summed E-state index contributed by atoms with van der Waals surface area (Å²) in [6.07, 6.45) is -2.87. The summed E-state index contributed by atoms with van der Waals surface area (Å²) in [5.74, 6) is 0.561. The van der Waals surface area contributed by atoms with Crippen LogP contribution in [0.15, 0.2) is 12.1 Å². The number of halogens is 3. The molecule has 0 amide bonds. The second-order valence-corrected chi connectivity index (χ2v) is 11.8. The third-order valence-corrected chi connectivity index (χ3v) is 10.0. The van der Waals surface area contributed by atoms with Crippen LogP contribution < -0.4 is 4.90 Å². The molecule has 1 aliphatic heterocycles. The van der Waals surface area contributed by atoms with E-state index in [1.54, 1.807) is 4.90 Å². The number of rotatable bonds is 4. The van der Waals surface area contributed by atoms with Gasteiger partial charge in [-0.25, -0.2) is 8.42 Å². The van der Waals surface area contributed by atoms with Gasteiger partial charge in [0.2, 0.25) is 10.0 Å². The highest BCUT2D eigenvalue weighted by Crippen LogP contribution is 2.66. The molecular weight excluding hydrogens is 433 g/mol. The number of alkyl halides is 3. The SMILES string of the molecule is C[C@H]1CN(S(=O)(=O)C[C@@]23CC[C@H](CC2O)C3(C)C)CCN1c1ccc(C(F)(F)F)nn1. The van der Waals surface area contributed by atoms with Crippen LogP contribution in [0.5, 0.6) is 0 Å². The van der Waals surface area contributed by atoms with E-state index in [4.69, 9.17) is 0 Å². The van der Waals surface area contributed by atoms with Gasteiger partial charge in [-0.15, -0.1) is 10.2 Å². The number of anilines is 1. The second-order valence-electron chi connectivity index (χ2n) is 9.80. The molecular formula is C20H29F3N4O3S. The van der Waals surface area contributed by atoms with Gasteiger partial charge < -0.3 is 10.0 Å². The van der Waals surface area contributed by atoms with Crippen LogP contribution in [-0.4, -0.2) is 65.6 Å². The molecule has 3 fully saturated rings. The molecule has 7 nitrogen and oxygen atoms in total. The van der Waals surface area contributed by atoms with Gasteiger partial charge in [0, 0.05) is 31.1 Å². The van der Waals surface area contributed by atoms with E-state index in [2.05, 4.69) is 24.0 Å². The number of sulfonamides is 1. The predicted octanol–water partition coefficient (Wildman–Crippen LogP) is 2.52. The average Bonchev–Trinajstić information content (AvgIpc) is 3.01. The van der Waals surface area contributed by atoms with Crippen molar-refractivity contribution < 1.29 is 26.7 Å². The molecule has 174 valence electrons. The van der Waals surface area contributed by atoms with E-state index in [-0.39, 0.29) is 30.3 Å². The number of nitrogens with zero attached hydrogens (tertiary/aromatic N) is 4. The monoisotopic (exact) mass is 462 g/mol. The lowest BCUT2D eigenvalue weighted by atomic mass is 9.70. The van der Waals surface area contributed by atoms with Crippen molar-refractivity contribution in [3.63, 3.8) is 0 Å². The first-order chi connectivity index (χ1) is 14.3. The van der Waals surface area contributed by atoms with Crippen LogP contribution in [0.3, 0.4) is 0 Å². The van der Waals surface area contributed by atoms with Crippen molar-refractivity contribution in [1.82, 2.24) is 14.5 Å². The number of fused-ring (bicyclic) bond motifs is 2. The molecule has 2 heterocycles. The minimum absolute atomic E-state index is 0.0720. The predicted molar refractivity (Wildman–Crippen MR) is 109 cm³/mol. The Bertz CT molecular complexity index is 938. The fourth-order valence-electron chi connectivity index (χ4n) is 5.94. The van der Waals surface area contributed by atoms with Gasteiger partial charge in [-0.05, 0) is 49.7 Å². The van der Waals surface area contributed by atoms with Crippen LogP contribution in [0.2, 0.25) is 0 Å². The normalized spacial score (nSPS) is 33.8. The van der Waals surface area contributed by atoms with E-state index in [9.17, 15) is 26.7 Å². The molecule has 2 saturated carbocycles. The van der Waals surface area contributed by atoms with Crippen molar-refractivity contribution in [2.75, 3.05) is 30.3 Å². The van der Waals surface area contributed by atoms with Crippen LogP contribution >= 0.6 is 0 Å². The summed E-state index contributed by atoms with van der Waals surface area (Å²) >= 11 is 0. The number of hydrogen-bond donors (Lipinski definition) is 1. The molecule has 4 rings (SSSR count). The van der Waals surface area contributed by atoms with Gasteiger partial charge in [0.05, 0.1) is 11.9 Å². The van der Waals surface area contributed by atoms with Gasteiger partial charge in [0.25, 0.3) is 0 Å². The van der Waals surface area contributed by atoms with E-state index >= 15 is 0 Å². The number of piperazine rings is 1. The first-order valence-electron chi connectivity index (χ1n) is 10.6. The van der Waals surface area contributed by atoms with Crippen LogP contribution in [0.25, 0.3) is 0 Å². The number of aromatic nitrogens is 2. The summed E-state index contributed by atoms with van der Waals surface area (Å²) in [6, 6.07) is 1.88. The number of aliphatic hydroxyl groups is 1. The molecule has 3 aliphatic rings. The Hall–Kier alpha value is -1.46. The molecule has 1 N–H and O–H groups in total. The standard InChI is InChI=1S/C20H29F3N4O3S/c1-13-11-26(8-9-27(13)17-5-4-15(24-25-17)20(21,22)23)31(29,30)12-19-7-6-14(10-16(19)28)18(19,2)3/h4-5,13-14,16,28H,6-12H2,1-3H3/t13-,14+,16?,19-/m0/s1. The fourth-order valence-corrected chi connectivity index (χ4v) is 8.29. The highest BCUT2D eigenvalue weighted by atomic mass is 32.2. The average molecular weight is 463 g/mol. The second kappa shape index (κ2) is 7.28. The number of aliphatic hydroxyl groups excluding tert-OH is 1. The summed E-state index contributed by atoms with van der Waals surface area (Å²) in [5.41, 5.74) is -1.92. The van der Waals surface area contributed by atoms with E-state index < -0.39 is 33.4 Å². The van der Waals surface area contributed by atoms with Crippen molar-refractivity contribution in [2.45, 2.75) is 58.4 Å². The van der Waals surface area contributed by atoms with Gasteiger partial charge >= 0.3 is 6.18 Å². The quantitative estimate of drug-likeness (QED) is 0.740. The topological polar surface area (TPSA) is 86.6 Å². The Kier molecular flexibility index (Phi) is 5.33. The van der Waals surface area contributed by atoms with Gasteiger partial charge in [0.15, 0.2) is 11.5 Å². The lowest BCUT2D eigenvalue weighted by molar-refractivity contribution is -0.141. The van der Waals surface area contributed by atoms with Gasteiger partial charge in [-0.3, -0.25) is 0 Å². The van der Waals surface area contributed by atoms with Crippen LogP contribution in [0, 0.1) is 16.7 Å². The van der Waals surface area contributed by atoms with E-state index in [0.29, 0.717) is 31.1 Å². The first kappa shape index (κ1) is 22.7. The zero-order valence-electron chi connectivity index (χ0n) is 17.9. The lowest BCUT2D eigenvalue weighted by Crippen LogP contribution is -2.56. The highest BCUT2D eigenvalue weighted by Gasteiger charge is 2.65. The van der Waals surface area contributed by atoms with Crippen molar-refractivity contribution in [2.24, 2.45) is 16.7 Å². The fraction of sp³-hybridized carbons (Fsp3) is 0.800. The minimum Gasteiger partial charge on any atom is -0.392 e. The Morgan fingerprint density at radius 3 is 2.42 bits per heavy atom. The summed E-state index contributed by atoms with van der Waals surface area (Å²) in [7, 11) is -3.62. The third-order valence-electron chi connectivity index (χ3n) is 8.05. The largest absolute Gasteiger partial charge is 0.435 e. The van der Waals surface area contributed by atoms with E-state index in [0.717, 1.165) is 12.5 Å². The Morgan fingerprint density at radius 2 is 1.94 bits per heavy atom. The third kappa shape index (κ3) is 3.62. The summed E-state index contributed by atoms with van der Waals surface area (Å²) < 4.78 is 66.3. The van der Waals surface area contributed by atoms with Gasteiger partial charge in [-0.2, -0.15) is 17.5 Å². The molecule has 0 spiro atoms. The molecule has 1 saturated heterocycles. The van der Waals surface area contributed by atoms with Crippen molar-refractivity contribution in [1.29, 1.82) is 0 Å². The van der Waals surface area contributed by atoms with Crippen molar-refractivity contribution >= 4 is 15.8 Å². The minimum atomic E-state index is -4.55. The molecule has 2 bridgehead atoms. The Balaban J connectivity index is 1.47. The summed E-state index contributed by atoms with van der Waals surface area (Å²) in [6.45, 7) is 6.69. The maximum Gasteiger partial charge on any atom is 0.435 e. The lowest BCUT2D eigenvalue weighted by Gasteiger charge is -2.44. The van der Waals surface area contributed by atoms with Crippen LogP contribution in [-0.2, 0) is 16.2 Å². The zero-order chi connectivity index (χ0) is 22.8. The maximum absolute atomic E-state index is 13.3. The molecule has 31 heavy (non-hydrogen) atoms. The van der Waals surface area contributed by atoms with Crippen molar-refractivity contribution in [3.8, 4) is 0 Å². The highest BCUT2D eigenvalue weighted by molar-refractivity contribution is 7.89. The van der Waals surface area contributed by atoms with Crippen LogP contribution in [0.4, 0.5) is 19.0 Å². The molecule has 2 aliphatic carbocycles. The van der Waals surface area contributed by atoms with Crippen molar-refractivity contribution in [3.05, 3.63) is 17.8 Å². The Labute approximate surface area is 180 Å². The zero-order valence-corrected chi connectivity index (χ0v) is 18.7. The van der Waals surface area contributed by atoms with Gasteiger partial charge in [-0.1, -0.05) is 13.8 Å². The summed E-state index contributed by atoms with van der Waals surface area (Å²) in [5, 5.41) is 17.7.